The maximum atomic E-state index is 6.15. The van der Waals surface area contributed by atoms with Gasteiger partial charge in [0.15, 0.2) is 5.82 Å². The molecule has 1 aromatic heterocycles. The fourth-order valence-electron chi connectivity index (χ4n) is 2.25. The summed E-state index contributed by atoms with van der Waals surface area (Å²) < 4.78 is 1.75. The molecule has 1 aromatic carbocycles. The zero-order valence-electron chi connectivity index (χ0n) is 9.93. The molecule has 4 nitrogen and oxygen atoms in total. The summed E-state index contributed by atoms with van der Waals surface area (Å²) in [4.78, 5) is 0. The second-order valence-corrected chi connectivity index (χ2v) is 4.69. The molecular weight excluding hydrogens is 212 g/mol. The number of para-hydroxylation sites is 1. The Hall–Kier alpha value is -1.84. The highest BCUT2D eigenvalue weighted by molar-refractivity contribution is 5.49. The van der Waals surface area contributed by atoms with Crippen LogP contribution in [0, 0.1) is 6.92 Å². The predicted molar refractivity (Wildman–Crippen MR) is 67.1 cm³/mol. The van der Waals surface area contributed by atoms with Crippen LogP contribution < -0.4 is 5.73 Å². The fraction of sp³-hybridized carbons (Fsp3) is 0.385. The molecule has 1 aliphatic carbocycles. The first-order valence-corrected chi connectivity index (χ1v) is 6.04. The number of aromatic nitrogens is 3. The van der Waals surface area contributed by atoms with Gasteiger partial charge in [0, 0.05) is 5.92 Å². The van der Waals surface area contributed by atoms with Crippen molar-refractivity contribution in [3.05, 3.63) is 35.5 Å². The van der Waals surface area contributed by atoms with E-state index in [4.69, 9.17) is 5.73 Å². The third-order valence-electron chi connectivity index (χ3n) is 3.57. The molecule has 0 atom stereocenters. The molecule has 0 amide bonds. The van der Waals surface area contributed by atoms with E-state index in [2.05, 4.69) is 23.3 Å². The van der Waals surface area contributed by atoms with Crippen molar-refractivity contribution in [2.45, 2.75) is 32.1 Å². The molecular formula is C13H16N4. The first-order valence-electron chi connectivity index (χ1n) is 6.04. The monoisotopic (exact) mass is 228 g/mol. The van der Waals surface area contributed by atoms with Crippen LogP contribution in [0.15, 0.2) is 24.3 Å². The van der Waals surface area contributed by atoms with E-state index in [0.29, 0.717) is 11.7 Å². The summed E-state index contributed by atoms with van der Waals surface area (Å²) >= 11 is 0. The zero-order chi connectivity index (χ0) is 11.8. The molecule has 0 spiro atoms. The highest BCUT2D eigenvalue weighted by atomic mass is 15.5. The van der Waals surface area contributed by atoms with Gasteiger partial charge in [0.25, 0.3) is 0 Å². The number of benzene rings is 1. The van der Waals surface area contributed by atoms with Gasteiger partial charge in [-0.2, -0.15) is 4.68 Å². The lowest BCUT2D eigenvalue weighted by Crippen LogP contribution is -2.12. The van der Waals surface area contributed by atoms with Crippen molar-refractivity contribution in [3.8, 4) is 5.69 Å². The molecule has 1 fully saturated rings. The van der Waals surface area contributed by atoms with E-state index in [1.54, 1.807) is 4.68 Å². The quantitative estimate of drug-likeness (QED) is 0.858. The first kappa shape index (κ1) is 10.3. The number of aryl methyl sites for hydroxylation is 1. The van der Waals surface area contributed by atoms with E-state index < -0.39 is 0 Å². The molecule has 1 saturated carbocycles. The molecule has 0 saturated heterocycles. The molecule has 1 heterocycles. The van der Waals surface area contributed by atoms with Gasteiger partial charge in [0.05, 0.1) is 5.69 Å². The van der Waals surface area contributed by atoms with Crippen molar-refractivity contribution in [2.75, 3.05) is 5.73 Å². The van der Waals surface area contributed by atoms with Crippen molar-refractivity contribution in [2.24, 2.45) is 0 Å². The van der Waals surface area contributed by atoms with E-state index in [9.17, 15) is 0 Å². The van der Waals surface area contributed by atoms with Gasteiger partial charge in [-0.05, 0) is 31.4 Å². The Labute approximate surface area is 100 Å². The van der Waals surface area contributed by atoms with Crippen LogP contribution in [-0.4, -0.2) is 15.0 Å². The summed E-state index contributed by atoms with van der Waals surface area (Å²) in [5.41, 5.74) is 9.30. The molecule has 1 aliphatic rings. The second-order valence-electron chi connectivity index (χ2n) is 4.69. The van der Waals surface area contributed by atoms with E-state index in [-0.39, 0.29) is 0 Å². The lowest BCUT2D eigenvalue weighted by molar-refractivity contribution is 0.411. The number of nitrogen functional groups attached to an aromatic ring is 1. The third kappa shape index (κ3) is 1.60. The maximum absolute atomic E-state index is 6.15. The van der Waals surface area contributed by atoms with Crippen LogP contribution in [0.5, 0.6) is 0 Å². The largest absolute Gasteiger partial charge is 0.382 e. The van der Waals surface area contributed by atoms with Crippen LogP contribution in [0.25, 0.3) is 5.69 Å². The highest BCUT2D eigenvalue weighted by Gasteiger charge is 2.26. The van der Waals surface area contributed by atoms with Gasteiger partial charge in [-0.15, -0.1) is 5.10 Å². The van der Waals surface area contributed by atoms with Crippen LogP contribution in [0.3, 0.4) is 0 Å². The van der Waals surface area contributed by atoms with E-state index >= 15 is 0 Å². The average Bonchev–Trinajstić information content (AvgIpc) is 2.60. The van der Waals surface area contributed by atoms with E-state index in [0.717, 1.165) is 16.9 Å². The summed E-state index contributed by atoms with van der Waals surface area (Å²) in [7, 11) is 0. The number of anilines is 1. The molecule has 88 valence electrons. The molecule has 2 aromatic rings. The lowest BCUT2D eigenvalue weighted by atomic mass is 9.83. The Balaban J connectivity index is 2.04. The van der Waals surface area contributed by atoms with Crippen LogP contribution in [0.4, 0.5) is 5.82 Å². The first-order chi connectivity index (χ1) is 8.27. The highest BCUT2D eigenvalue weighted by Crippen LogP contribution is 2.38. The summed E-state index contributed by atoms with van der Waals surface area (Å²) in [5.74, 6) is 1.22. The van der Waals surface area contributed by atoms with Gasteiger partial charge < -0.3 is 5.73 Å². The lowest BCUT2D eigenvalue weighted by Gasteiger charge is -2.23. The Bertz CT molecular complexity index is 540. The van der Waals surface area contributed by atoms with Crippen LogP contribution in [0.1, 0.15) is 36.4 Å². The van der Waals surface area contributed by atoms with Crippen molar-refractivity contribution in [3.63, 3.8) is 0 Å². The number of hydrogen-bond acceptors (Lipinski definition) is 3. The molecule has 2 N–H and O–H groups in total. The number of nitrogens with zero attached hydrogens (tertiary/aromatic N) is 3. The minimum atomic E-state index is 0.521. The van der Waals surface area contributed by atoms with Crippen LogP contribution in [-0.2, 0) is 0 Å². The van der Waals surface area contributed by atoms with E-state index in [1.807, 2.05) is 18.2 Å². The normalized spacial score (nSPS) is 15.8. The second kappa shape index (κ2) is 3.87. The topological polar surface area (TPSA) is 56.7 Å². The Morgan fingerprint density at radius 3 is 2.71 bits per heavy atom. The Morgan fingerprint density at radius 1 is 1.29 bits per heavy atom. The molecule has 17 heavy (non-hydrogen) atoms. The van der Waals surface area contributed by atoms with E-state index in [1.165, 1.54) is 19.3 Å². The SMILES string of the molecule is Cc1ccccc1-n1nnc(C2CCC2)c1N. The Kier molecular flexibility index (Phi) is 2.35. The molecule has 0 radical (unpaired) electrons. The molecule has 0 bridgehead atoms. The molecule has 0 unspecified atom stereocenters. The van der Waals surface area contributed by atoms with Crippen LogP contribution in [0.2, 0.25) is 0 Å². The molecule has 3 rings (SSSR count). The van der Waals surface area contributed by atoms with Gasteiger partial charge in [0.2, 0.25) is 0 Å². The minimum Gasteiger partial charge on any atom is -0.382 e. The summed E-state index contributed by atoms with van der Waals surface area (Å²) in [6, 6.07) is 8.08. The average molecular weight is 228 g/mol. The summed E-state index contributed by atoms with van der Waals surface area (Å²) in [6.07, 6.45) is 3.66. The molecule has 0 aliphatic heterocycles. The standard InChI is InChI=1S/C13H16N4/c1-9-5-2-3-8-11(9)17-13(14)12(15-16-17)10-6-4-7-10/h2-3,5,8,10H,4,6-7,14H2,1H3. The van der Waals surface area contributed by atoms with Gasteiger partial charge in [-0.25, -0.2) is 0 Å². The minimum absolute atomic E-state index is 0.521. The number of rotatable bonds is 2. The number of nitrogens with two attached hydrogens (primary N) is 1. The summed E-state index contributed by atoms with van der Waals surface area (Å²) in [5, 5.41) is 8.43. The predicted octanol–water partition coefficient (Wildman–Crippen LogP) is 2.43. The van der Waals surface area contributed by atoms with Gasteiger partial charge >= 0.3 is 0 Å². The molecule has 4 heteroatoms. The third-order valence-corrected chi connectivity index (χ3v) is 3.57. The number of hydrogen-bond donors (Lipinski definition) is 1. The van der Waals surface area contributed by atoms with Crippen LogP contribution >= 0.6 is 0 Å². The summed E-state index contributed by atoms with van der Waals surface area (Å²) in [6.45, 7) is 2.06. The fourth-order valence-corrected chi connectivity index (χ4v) is 2.25. The maximum Gasteiger partial charge on any atom is 0.151 e. The Morgan fingerprint density at radius 2 is 2.06 bits per heavy atom. The van der Waals surface area contributed by atoms with Gasteiger partial charge in [-0.1, -0.05) is 29.8 Å². The van der Waals surface area contributed by atoms with Crippen molar-refractivity contribution < 1.29 is 0 Å². The van der Waals surface area contributed by atoms with Gasteiger partial charge in [-0.3, -0.25) is 0 Å². The van der Waals surface area contributed by atoms with Crippen molar-refractivity contribution in [1.82, 2.24) is 15.0 Å². The van der Waals surface area contributed by atoms with Gasteiger partial charge in [0.1, 0.15) is 5.69 Å². The zero-order valence-corrected chi connectivity index (χ0v) is 9.93. The van der Waals surface area contributed by atoms with Crippen molar-refractivity contribution in [1.29, 1.82) is 0 Å². The van der Waals surface area contributed by atoms with Crippen molar-refractivity contribution >= 4 is 5.82 Å². The smallest absolute Gasteiger partial charge is 0.151 e.